The average molecular weight is 345 g/mol. The van der Waals surface area contributed by atoms with Crippen LogP contribution in [0.15, 0.2) is 48.7 Å². The standard InChI is InChI=1S/C17H17ClN4S/c1-2-22-16(14(18)10-20-22)11-19-17(23)21-15-9-5-7-12-6-3-4-8-13(12)15/h3-10H,2,11H2,1H3,(H2,19,21,23). The summed E-state index contributed by atoms with van der Waals surface area (Å²) < 4.78 is 1.86. The molecule has 23 heavy (non-hydrogen) atoms. The van der Waals surface area contributed by atoms with Crippen LogP contribution >= 0.6 is 23.8 Å². The zero-order chi connectivity index (χ0) is 16.2. The maximum Gasteiger partial charge on any atom is 0.171 e. The average Bonchev–Trinajstić information content (AvgIpc) is 2.93. The highest BCUT2D eigenvalue weighted by Crippen LogP contribution is 2.23. The van der Waals surface area contributed by atoms with E-state index in [4.69, 9.17) is 23.8 Å². The Morgan fingerprint density at radius 2 is 2.00 bits per heavy atom. The van der Waals surface area contributed by atoms with E-state index < -0.39 is 0 Å². The van der Waals surface area contributed by atoms with Crippen LogP contribution in [0, 0.1) is 0 Å². The van der Waals surface area contributed by atoms with Crippen molar-refractivity contribution in [3.8, 4) is 0 Å². The predicted molar refractivity (Wildman–Crippen MR) is 99.9 cm³/mol. The van der Waals surface area contributed by atoms with E-state index in [0.29, 0.717) is 16.7 Å². The molecule has 2 N–H and O–H groups in total. The van der Waals surface area contributed by atoms with Crippen molar-refractivity contribution >= 4 is 45.4 Å². The Kier molecular flexibility index (Phi) is 4.79. The fourth-order valence-corrected chi connectivity index (χ4v) is 2.89. The number of halogens is 1. The van der Waals surface area contributed by atoms with Gasteiger partial charge in [-0.2, -0.15) is 5.10 Å². The number of aromatic nitrogens is 2. The van der Waals surface area contributed by atoms with Crippen LogP contribution in [0.2, 0.25) is 5.02 Å². The smallest absolute Gasteiger partial charge is 0.171 e. The minimum absolute atomic E-state index is 0.531. The third-order valence-electron chi connectivity index (χ3n) is 3.65. The second-order valence-corrected chi connectivity index (χ2v) is 5.90. The molecule has 6 heteroatoms. The van der Waals surface area contributed by atoms with Crippen LogP contribution in [0.25, 0.3) is 10.8 Å². The van der Waals surface area contributed by atoms with Crippen molar-refractivity contribution in [1.29, 1.82) is 0 Å². The molecule has 0 unspecified atom stereocenters. The van der Waals surface area contributed by atoms with E-state index in [1.54, 1.807) is 6.20 Å². The van der Waals surface area contributed by atoms with Crippen LogP contribution in [-0.4, -0.2) is 14.9 Å². The fraction of sp³-hybridized carbons (Fsp3) is 0.176. The summed E-state index contributed by atoms with van der Waals surface area (Å²) in [6.45, 7) is 3.33. The maximum absolute atomic E-state index is 6.16. The second kappa shape index (κ2) is 6.98. The van der Waals surface area contributed by atoms with E-state index in [-0.39, 0.29) is 0 Å². The summed E-state index contributed by atoms with van der Waals surface area (Å²) in [7, 11) is 0. The maximum atomic E-state index is 6.16. The van der Waals surface area contributed by atoms with Crippen LogP contribution in [0.3, 0.4) is 0 Å². The summed E-state index contributed by atoms with van der Waals surface area (Å²) >= 11 is 11.6. The van der Waals surface area contributed by atoms with E-state index in [1.807, 2.05) is 35.9 Å². The van der Waals surface area contributed by atoms with E-state index in [9.17, 15) is 0 Å². The molecule has 0 bridgehead atoms. The van der Waals surface area contributed by atoms with Crippen LogP contribution < -0.4 is 10.6 Å². The largest absolute Gasteiger partial charge is 0.357 e. The van der Waals surface area contributed by atoms with Crippen molar-refractivity contribution < 1.29 is 0 Å². The zero-order valence-electron chi connectivity index (χ0n) is 12.7. The van der Waals surface area contributed by atoms with Crippen molar-refractivity contribution in [2.75, 3.05) is 5.32 Å². The Labute approximate surface area is 145 Å². The van der Waals surface area contributed by atoms with Crippen molar-refractivity contribution in [1.82, 2.24) is 15.1 Å². The van der Waals surface area contributed by atoms with E-state index >= 15 is 0 Å². The molecule has 0 radical (unpaired) electrons. The minimum atomic E-state index is 0.531. The quantitative estimate of drug-likeness (QED) is 0.696. The molecule has 0 saturated carbocycles. The highest BCUT2D eigenvalue weighted by Gasteiger charge is 2.09. The van der Waals surface area contributed by atoms with Crippen LogP contribution in [0.5, 0.6) is 0 Å². The lowest BCUT2D eigenvalue weighted by Crippen LogP contribution is -2.29. The number of thiocarbonyl (C=S) groups is 1. The van der Waals surface area contributed by atoms with Gasteiger partial charge in [-0.05, 0) is 30.6 Å². The van der Waals surface area contributed by atoms with Gasteiger partial charge in [0.2, 0.25) is 0 Å². The van der Waals surface area contributed by atoms with Crippen molar-refractivity contribution in [3.63, 3.8) is 0 Å². The number of hydrogen-bond donors (Lipinski definition) is 2. The van der Waals surface area contributed by atoms with E-state index in [0.717, 1.165) is 23.3 Å². The Morgan fingerprint density at radius 3 is 2.83 bits per heavy atom. The summed E-state index contributed by atoms with van der Waals surface area (Å²) in [6.07, 6.45) is 1.66. The predicted octanol–water partition coefficient (Wildman–Crippen LogP) is 4.20. The van der Waals surface area contributed by atoms with Gasteiger partial charge >= 0.3 is 0 Å². The number of benzene rings is 2. The lowest BCUT2D eigenvalue weighted by Gasteiger charge is -2.13. The number of fused-ring (bicyclic) bond motifs is 1. The Morgan fingerprint density at radius 1 is 1.22 bits per heavy atom. The number of nitrogens with zero attached hydrogens (tertiary/aromatic N) is 2. The molecule has 0 amide bonds. The van der Waals surface area contributed by atoms with E-state index in [2.05, 4.69) is 33.9 Å². The second-order valence-electron chi connectivity index (χ2n) is 5.09. The highest BCUT2D eigenvalue weighted by atomic mass is 35.5. The topological polar surface area (TPSA) is 41.9 Å². The highest BCUT2D eigenvalue weighted by molar-refractivity contribution is 7.80. The van der Waals surface area contributed by atoms with Gasteiger partial charge in [-0.15, -0.1) is 0 Å². The molecule has 0 aliphatic rings. The lowest BCUT2D eigenvalue weighted by atomic mass is 10.1. The number of aryl methyl sites for hydroxylation is 1. The summed E-state index contributed by atoms with van der Waals surface area (Å²) in [4.78, 5) is 0. The SMILES string of the molecule is CCn1ncc(Cl)c1CNC(=S)Nc1cccc2ccccc12. The molecule has 2 aromatic carbocycles. The Hall–Kier alpha value is -2.11. The van der Waals surface area contributed by atoms with Gasteiger partial charge in [0.15, 0.2) is 5.11 Å². The first-order chi connectivity index (χ1) is 11.2. The Bertz CT molecular complexity index is 838. The van der Waals surface area contributed by atoms with Gasteiger partial charge in [-0.1, -0.05) is 48.0 Å². The molecule has 0 spiro atoms. The number of hydrogen-bond acceptors (Lipinski definition) is 2. The molecule has 0 fully saturated rings. The van der Waals surface area contributed by atoms with Gasteiger partial charge in [0, 0.05) is 17.6 Å². The minimum Gasteiger partial charge on any atom is -0.357 e. The molecule has 1 aromatic heterocycles. The summed E-state index contributed by atoms with van der Waals surface area (Å²) in [5.41, 5.74) is 1.91. The zero-order valence-corrected chi connectivity index (χ0v) is 14.3. The van der Waals surface area contributed by atoms with Gasteiger partial charge in [-0.25, -0.2) is 0 Å². The molecular formula is C17H17ClN4S. The number of rotatable bonds is 4. The monoisotopic (exact) mass is 344 g/mol. The third-order valence-corrected chi connectivity index (χ3v) is 4.21. The molecule has 1 heterocycles. The first kappa shape index (κ1) is 15.8. The van der Waals surface area contributed by atoms with E-state index in [1.165, 1.54) is 5.39 Å². The van der Waals surface area contributed by atoms with Crippen LogP contribution in [0.1, 0.15) is 12.6 Å². The normalized spacial score (nSPS) is 10.7. The molecule has 0 atom stereocenters. The fourth-order valence-electron chi connectivity index (χ4n) is 2.50. The first-order valence-corrected chi connectivity index (χ1v) is 8.20. The summed E-state index contributed by atoms with van der Waals surface area (Å²) in [6, 6.07) is 14.3. The third kappa shape index (κ3) is 3.46. The molecule has 118 valence electrons. The van der Waals surface area contributed by atoms with Gasteiger partial charge in [-0.3, -0.25) is 4.68 Å². The molecule has 0 saturated heterocycles. The summed E-state index contributed by atoms with van der Waals surface area (Å²) in [5.74, 6) is 0. The molecule has 3 aromatic rings. The number of nitrogens with one attached hydrogen (secondary N) is 2. The van der Waals surface area contributed by atoms with Crippen molar-refractivity contribution in [2.45, 2.75) is 20.0 Å². The molecule has 0 aliphatic heterocycles. The number of anilines is 1. The van der Waals surface area contributed by atoms with Crippen LogP contribution in [0.4, 0.5) is 5.69 Å². The van der Waals surface area contributed by atoms with Gasteiger partial charge in [0.25, 0.3) is 0 Å². The molecule has 4 nitrogen and oxygen atoms in total. The molecule has 0 aliphatic carbocycles. The van der Waals surface area contributed by atoms with Crippen molar-refractivity contribution in [3.05, 3.63) is 59.4 Å². The summed E-state index contributed by atoms with van der Waals surface area (Å²) in [5, 5.41) is 14.2. The van der Waals surface area contributed by atoms with Gasteiger partial charge in [0.05, 0.1) is 23.5 Å². The van der Waals surface area contributed by atoms with Crippen LogP contribution in [-0.2, 0) is 13.1 Å². The Balaban J connectivity index is 1.71. The van der Waals surface area contributed by atoms with Gasteiger partial charge in [0.1, 0.15) is 0 Å². The first-order valence-electron chi connectivity index (χ1n) is 7.42. The molecular weight excluding hydrogens is 328 g/mol. The van der Waals surface area contributed by atoms with Crippen molar-refractivity contribution in [2.24, 2.45) is 0 Å². The lowest BCUT2D eigenvalue weighted by molar-refractivity contribution is 0.614. The van der Waals surface area contributed by atoms with Gasteiger partial charge < -0.3 is 10.6 Å². The molecule has 3 rings (SSSR count).